The number of benzene rings is 2. The SMILES string of the molecule is Nc1ncccc1C(=O)NCc1ccc(Oc2ccc(OC(F)(F)F)cc2F)cc1. The summed E-state index contributed by atoms with van der Waals surface area (Å²) in [7, 11) is 0. The van der Waals surface area contributed by atoms with E-state index in [9.17, 15) is 22.4 Å². The first kappa shape index (κ1) is 20.9. The van der Waals surface area contributed by atoms with Crippen LogP contribution in [0.15, 0.2) is 60.8 Å². The third-order valence-electron chi connectivity index (χ3n) is 3.82. The second-order valence-electron chi connectivity index (χ2n) is 6.00. The molecule has 0 aliphatic rings. The van der Waals surface area contributed by atoms with Crippen LogP contribution in [-0.4, -0.2) is 17.3 Å². The van der Waals surface area contributed by atoms with Crippen LogP contribution in [0.5, 0.6) is 17.2 Å². The molecule has 0 atom stereocenters. The summed E-state index contributed by atoms with van der Waals surface area (Å²) in [5, 5.41) is 2.69. The van der Waals surface area contributed by atoms with Gasteiger partial charge in [0.05, 0.1) is 5.56 Å². The van der Waals surface area contributed by atoms with E-state index in [0.717, 1.165) is 17.7 Å². The number of alkyl halides is 3. The lowest BCUT2D eigenvalue weighted by atomic mass is 10.2. The normalized spacial score (nSPS) is 11.1. The zero-order chi connectivity index (χ0) is 21.7. The molecule has 0 aliphatic heterocycles. The summed E-state index contributed by atoms with van der Waals surface area (Å²) in [6.07, 6.45) is -3.44. The number of nitrogens with two attached hydrogens (primary N) is 1. The van der Waals surface area contributed by atoms with E-state index in [1.165, 1.54) is 18.3 Å². The van der Waals surface area contributed by atoms with Crippen molar-refractivity contribution in [3.63, 3.8) is 0 Å². The van der Waals surface area contributed by atoms with E-state index in [0.29, 0.717) is 6.07 Å². The highest BCUT2D eigenvalue weighted by Gasteiger charge is 2.31. The molecule has 2 aromatic carbocycles. The van der Waals surface area contributed by atoms with Crippen LogP contribution in [0.1, 0.15) is 15.9 Å². The average molecular weight is 421 g/mol. The molecule has 30 heavy (non-hydrogen) atoms. The van der Waals surface area contributed by atoms with Gasteiger partial charge < -0.3 is 20.5 Å². The van der Waals surface area contributed by atoms with Gasteiger partial charge in [-0.3, -0.25) is 4.79 Å². The Hall–Kier alpha value is -3.82. The van der Waals surface area contributed by atoms with Crippen LogP contribution in [-0.2, 0) is 6.54 Å². The van der Waals surface area contributed by atoms with E-state index in [4.69, 9.17) is 10.5 Å². The van der Waals surface area contributed by atoms with Crippen LogP contribution in [0, 0.1) is 5.82 Å². The van der Waals surface area contributed by atoms with Gasteiger partial charge in [-0.25, -0.2) is 9.37 Å². The van der Waals surface area contributed by atoms with Crippen LogP contribution in [0.2, 0.25) is 0 Å². The zero-order valence-corrected chi connectivity index (χ0v) is 15.2. The molecule has 3 N–H and O–H groups in total. The highest BCUT2D eigenvalue weighted by Crippen LogP contribution is 2.30. The van der Waals surface area contributed by atoms with E-state index >= 15 is 0 Å². The van der Waals surface area contributed by atoms with Gasteiger partial charge in [-0.05, 0) is 42.0 Å². The van der Waals surface area contributed by atoms with E-state index in [-0.39, 0.29) is 35.3 Å². The van der Waals surface area contributed by atoms with Gasteiger partial charge in [0, 0.05) is 18.8 Å². The molecule has 1 aromatic heterocycles. The molecular formula is C20H15F4N3O3. The predicted molar refractivity (Wildman–Crippen MR) is 99.4 cm³/mol. The van der Waals surface area contributed by atoms with Crippen molar-refractivity contribution in [2.24, 2.45) is 0 Å². The van der Waals surface area contributed by atoms with Crippen molar-refractivity contribution in [2.75, 3.05) is 5.73 Å². The second-order valence-corrected chi connectivity index (χ2v) is 6.00. The molecule has 0 bridgehead atoms. The van der Waals surface area contributed by atoms with Gasteiger partial charge in [0.15, 0.2) is 11.6 Å². The molecule has 156 valence electrons. The molecule has 3 aromatic rings. The van der Waals surface area contributed by atoms with Crippen LogP contribution in [0.3, 0.4) is 0 Å². The molecule has 3 rings (SSSR count). The van der Waals surface area contributed by atoms with Crippen molar-refractivity contribution in [1.82, 2.24) is 10.3 Å². The molecule has 0 aliphatic carbocycles. The number of hydrogen-bond donors (Lipinski definition) is 2. The maximum Gasteiger partial charge on any atom is 0.573 e. The molecule has 0 unspecified atom stereocenters. The van der Waals surface area contributed by atoms with Crippen LogP contribution >= 0.6 is 0 Å². The van der Waals surface area contributed by atoms with Crippen molar-refractivity contribution in [1.29, 1.82) is 0 Å². The Bertz CT molecular complexity index is 1040. The third-order valence-corrected chi connectivity index (χ3v) is 3.82. The van der Waals surface area contributed by atoms with Crippen molar-refractivity contribution in [2.45, 2.75) is 12.9 Å². The van der Waals surface area contributed by atoms with Crippen molar-refractivity contribution in [3.8, 4) is 17.2 Å². The molecule has 0 radical (unpaired) electrons. The van der Waals surface area contributed by atoms with Gasteiger partial charge in [-0.1, -0.05) is 12.1 Å². The highest BCUT2D eigenvalue weighted by molar-refractivity contribution is 5.98. The smallest absolute Gasteiger partial charge is 0.454 e. The zero-order valence-electron chi connectivity index (χ0n) is 15.2. The summed E-state index contributed by atoms with van der Waals surface area (Å²) in [6.45, 7) is 0.200. The second kappa shape index (κ2) is 8.68. The number of nitrogen functional groups attached to an aromatic ring is 1. The van der Waals surface area contributed by atoms with E-state index in [1.807, 2.05) is 0 Å². The summed E-state index contributed by atoms with van der Waals surface area (Å²) in [4.78, 5) is 16.0. The average Bonchev–Trinajstić information content (AvgIpc) is 2.68. The van der Waals surface area contributed by atoms with Crippen LogP contribution in [0.4, 0.5) is 23.4 Å². The quantitative estimate of drug-likeness (QED) is 0.576. The van der Waals surface area contributed by atoms with Crippen molar-refractivity contribution in [3.05, 3.63) is 77.7 Å². The van der Waals surface area contributed by atoms with Gasteiger partial charge in [0.1, 0.15) is 17.3 Å². The first-order valence-electron chi connectivity index (χ1n) is 8.52. The number of nitrogens with one attached hydrogen (secondary N) is 1. The molecule has 0 spiro atoms. The standard InChI is InChI=1S/C20H15F4N3O3/c21-16-10-14(30-20(22,23)24)7-8-17(16)29-13-5-3-12(4-6-13)11-27-19(28)15-2-1-9-26-18(15)25/h1-10H,11H2,(H2,25,26)(H,27,28). The number of nitrogens with zero attached hydrogens (tertiary/aromatic N) is 1. The summed E-state index contributed by atoms with van der Waals surface area (Å²) in [5.41, 5.74) is 6.64. The maximum absolute atomic E-state index is 14.0. The molecular weight excluding hydrogens is 406 g/mol. The summed E-state index contributed by atoms with van der Waals surface area (Å²) in [6, 6.07) is 12.0. The molecule has 0 fully saturated rings. The number of ether oxygens (including phenoxy) is 2. The molecule has 0 saturated carbocycles. The minimum atomic E-state index is -4.91. The number of anilines is 1. The number of halogens is 4. The fourth-order valence-electron chi connectivity index (χ4n) is 2.45. The number of carbonyl (C=O) groups excluding carboxylic acids is 1. The lowest BCUT2D eigenvalue weighted by Gasteiger charge is -2.11. The molecule has 1 heterocycles. The fourth-order valence-corrected chi connectivity index (χ4v) is 2.45. The van der Waals surface area contributed by atoms with E-state index < -0.39 is 17.9 Å². The minimum Gasteiger partial charge on any atom is -0.454 e. The van der Waals surface area contributed by atoms with Gasteiger partial charge >= 0.3 is 6.36 Å². The summed E-state index contributed by atoms with van der Waals surface area (Å²) < 4.78 is 59.5. The topological polar surface area (TPSA) is 86.5 Å². The Morgan fingerprint density at radius 2 is 1.77 bits per heavy atom. The van der Waals surface area contributed by atoms with Gasteiger partial charge in [-0.2, -0.15) is 0 Å². The molecule has 1 amide bonds. The predicted octanol–water partition coefficient (Wildman–Crippen LogP) is 4.42. The minimum absolute atomic E-state index is 0.118. The Labute approximate surface area is 168 Å². The first-order valence-corrected chi connectivity index (χ1v) is 8.52. The van der Waals surface area contributed by atoms with Crippen LogP contribution < -0.4 is 20.5 Å². The largest absolute Gasteiger partial charge is 0.573 e. The Morgan fingerprint density at radius 1 is 1.07 bits per heavy atom. The van der Waals surface area contributed by atoms with Crippen molar-refractivity contribution >= 4 is 11.7 Å². The molecule has 10 heteroatoms. The lowest BCUT2D eigenvalue weighted by Crippen LogP contribution is -2.24. The number of carbonyl (C=O) groups is 1. The number of rotatable bonds is 6. The van der Waals surface area contributed by atoms with Gasteiger partial charge in [0.2, 0.25) is 0 Å². The first-order chi connectivity index (χ1) is 14.2. The maximum atomic E-state index is 14.0. The fraction of sp³-hybridized carbons (Fsp3) is 0.100. The molecule has 6 nitrogen and oxygen atoms in total. The molecule has 0 saturated heterocycles. The number of amides is 1. The van der Waals surface area contributed by atoms with Crippen molar-refractivity contribution < 1.29 is 31.8 Å². The van der Waals surface area contributed by atoms with Gasteiger partial charge in [-0.15, -0.1) is 13.2 Å². The Morgan fingerprint density at radius 3 is 2.40 bits per heavy atom. The summed E-state index contributed by atoms with van der Waals surface area (Å²) in [5.74, 6) is -1.98. The number of aromatic nitrogens is 1. The lowest BCUT2D eigenvalue weighted by molar-refractivity contribution is -0.274. The summed E-state index contributed by atoms with van der Waals surface area (Å²) >= 11 is 0. The number of hydrogen-bond acceptors (Lipinski definition) is 5. The third kappa shape index (κ3) is 5.60. The Balaban J connectivity index is 1.59. The highest BCUT2D eigenvalue weighted by atomic mass is 19.4. The van der Waals surface area contributed by atoms with Crippen LogP contribution in [0.25, 0.3) is 0 Å². The Kier molecular flexibility index (Phi) is 6.05. The van der Waals surface area contributed by atoms with E-state index in [2.05, 4.69) is 15.0 Å². The number of pyridine rings is 1. The monoisotopic (exact) mass is 421 g/mol. The van der Waals surface area contributed by atoms with E-state index in [1.54, 1.807) is 24.3 Å². The van der Waals surface area contributed by atoms with Gasteiger partial charge in [0.25, 0.3) is 5.91 Å².